The van der Waals surface area contributed by atoms with Gasteiger partial charge in [-0.3, -0.25) is 14.4 Å². The molecule has 4 aliphatic carbocycles. The molecule has 154 valence electrons. The first-order valence-electron chi connectivity index (χ1n) is 10.7. The molecule has 0 radical (unpaired) electrons. The van der Waals surface area contributed by atoms with Crippen LogP contribution in [0.3, 0.4) is 0 Å². The van der Waals surface area contributed by atoms with E-state index in [9.17, 15) is 14.4 Å². The van der Waals surface area contributed by atoms with Gasteiger partial charge in [0, 0.05) is 16.9 Å². The smallest absolute Gasteiger partial charge is 0.308 e. The van der Waals surface area contributed by atoms with Gasteiger partial charge in [-0.05, 0) is 68.4 Å². The van der Waals surface area contributed by atoms with Gasteiger partial charge in [-0.15, -0.1) is 11.8 Å². The van der Waals surface area contributed by atoms with Crippen molar-refractivity contribution in [1.29, 1.82) is 0 Å². The van der Waals surface area contributed by atoms with Crippen LogP contribution >= 0.6 is 11.8 Å². The van der Waals surface area contributed by atoms with Crippen LogP contribution in [0.5, 0.6) is 0 Å². The first-order valence-corrected chi connectivity index (χ1v) is 11.7. The third kappa shape index (κ3) is 3.60. The largest absolute Gasteiger partial charge is 0.458 e. The van der Waals surface area contributed by atoms with E-state index in [4.69, 9.17) is 4.74 Å². The van der Waals surface area contributed by atoms with Gasteiger partial charge in [-0.2, -0.15) is 0 Å². The molecule has 6 rings (SSSR count). The maximum absolute atomic E-state index is 13.0. The van der Waals surface area contributed by atoms with Gasteiger partial charge in [0.2, 0.25) is 5.91 Å². The van der Waals surface area contributed by atoms with Crippen LogP contribution in [0.25, 0.3) is 0 Å². The Labute approximate surface area is 175 Å². The standard InChI is InChI=1S/C23H27NO4S/c25-20(23-10-15-7-16(11-23)9-17(8-15)12-23)13-28-22(27)5-6-24-18-3-1-2-4-19(18)29-14-21(24)26/h1-4,15-17H,5-14H2. The van der Waals surface area contributed by atoms with Gasteiger partial charge in [-0.1, -0.05) is 12.1 Å². The van der Waals surface area contributed by atoms with E-state index in [1.807, 2.05) is 24.3 Å². The molecule has 4 fully saturated rings. The summed E-state index contributed by atoms with van der Waals surface area (Å²) in [5, 5.41) is 0. The maximum Gasteiger partial charge on any atom is 0.308 e. The Kier molecular flexibility index (Phi) is 4.93. The van der Waals surface area contributed by atoms with E-state index in [-0.39, 0.29) is 30.1 Å². The minimum Gasteiger partial charge on any atom is -0.458 e. The lowest BCUT2D eigenvalue weighted by atomic mass is 9.48. The van der Waals surface area contributed by atoms with E-state index < -0.39 is 5.97 Å². The Morgan fingerprint density at radius 2 is 1.72 bits per heavy atom. The first kappa shape index (κ1) is 19.2. The second-order valence-corrected chi connectivity index (χ2v) is 10.4. The summed E-state index contributed by atoms with van der Waals surface area (Å²) in [6, 6.07) is 7.74. The molecule has 1 amide bonds. The summed E-state index contributed by atoms with van der Waals surface area (Å²) < 4.78 is 5.38. The summed E-state index contributed by atoms with van der Waals surface area (Å²) in [4.78, 5) is 40.3. The molecule has 5 aliphatic rings. The fourth-order valence-electron chi connectivity index (χ4n) is 6.43. The molecule has 1 aromatic carbocycles. The number of carbonyl (C=O) groups is 3. The number of ether oxygens (including phenoxy) is 1. The highest BCUT2D eigenvalue weighted by Crippen LogP contribution is 2.60. The van der Waals surface area contributed by atoms with Crippen molar-refractivity contribution in [3.8, 4) is 0 Å². The number of fused-ring (bicyclic) bond motifs is 1. The number of thioether (sulfide) groups is 1. The lowest BCUT2D eigenvalue weighted by Crippen LogP contribution is -2.51. The van der Waals surface area contributed by atoms with Crippen LogP contribution in [-0.2, 0) is 19.1 Å². The highest BCUT2D eigenvalue weighted by Gasteiger charge is 2.54. The molecule has 29 heavy (non-hydrogen) atoms. The van der Waals surface area contributed by atoms with Crippen molar-refractivity contribution in [2.24, 2.45) is 23.2 Å². The van der Waals surface area contributed by atoms with Crippen LogP contribution in [0.1, 0.15) is 44.9 Å². The molecular weight excluding hydrogens is 386 g/mol. The van der Waals surface area contributed by atoms with Gasteiger partial charge >= 0.3 is 5.97 Å². The van der Waals surface area contributed by atoms with Crippen molar-refractivity contribution in [2.45, 2.75) is 49.8 Å². The average Bonchev–Trinajstić information content (AvgIpc) is 2.70. The number of carbonyl (C=O) groups excluding carboxylic acids is 3. The van der Waals surface area contributed by atoms with E-state index in [0.717, 1.165) is 29.8 Å². The lowest BCUT2D eigenvalue weighted by Gasteiger charge is -2.55. The summed E-state index contributed by atoms with van der Waals surface area (Å²) in [5.41, 5.74) is 0.625. The van der Waals surface area contributed by atoms with Crippen molar-refractivity contribution in [3.63, 3.8) is 0 Å². The van der Waals surface area contributed by atoms with Crippen molar-refractivity contribution in [3.05, 3.63) is 24.3 Å². The van der Waals surface area contributed by atoms with Crippen LogP contribution < -0.4 is 4.90 Å². The summed E-state index contributed by atoms with van der Waals surface area (Å²) in [5.74, 6) is 2.21. The molecule has 1 aliphatic heterocycles. The topological polar surface area (TPSA) is 63.7 Å². The fraction of sp³-hybridized carbons (Fsp3) is 0.609. The molecule has 0 atom stereocenters. The Balaban J connectivity index is 1.15. The Morgan fingerprint density at radius 3 is 2.41 bits per heavy atom. The van der Waals surface area contributed by atoms with Crippen molar-refractivity contribution >= 4 is 35.1 Å². The van der Waals surface area contributed by atoms with Crippen molar-refractivity contribution < 1.29 is 19.1 Å². The molecule has 0 N–H and O–H groups in total. The molecule has 1 aromatic rings. The monoisotopic (exact) mass is 413 g/mol. The Morgan fingerprint density at radius 1 is 1.07 bits per heavy atom. The van der Waals surface area contributed by atoms with E-state index in [1.54, 1.807) is 4.90 Å². The number of hydrogen-bond donors (Lipinski definition) is 0. The number of anilines is 1. The highest BCUT2D eigenvalue weighted by molar-refractivity contribution is 8.00. The predicted molar refractivity (Wildman–Crippen MR) is 111 cm³/mol. The predicted octanol–water partition coefficient (Wildman–Crippen LogP) is 3.84. The van der Waals surface area contributed by atoms with Crippen LogP contribution in [0, 0.1) is 23.2 Å². The van der Waals surface area contributed by atoms with Crippen molar-refractivity contribution in [1.82, 2.24) is 0 Å². The first-order chi connectivity index (χ1) is 14.0. The number of amides is 1. The molecule has 1 heterocycles. The van der Waals surface area contributed by atoms with E-state index in [1.165, 1.54) is 31.0 Å². The molecular formula is C23H27NO4S. The highest BCUT2D eigenvalue weighted by atomic mass is 32.2. The number of ketones is 1. The number of hydrogen-bond acceptors (Lipinski definition) is 5. The van der Waals surface area contributed by atoms with Crippen LogP contribution in [0.15, 0.2) is 29.2 Å². The minimum atomic E-state index is -0.397. The third-order valence-corrected chi connectivity index (χ3v) is 8.39. The molecule has 0 spiro atoms. The van der Waals surface area contributed by atoms with Crippen LogP contribution in [0.4, 0.5) is 5.69 Å². The SMILES string of the molecule is O=C(CCN1C(=O)CSc2ccccc21)OCC(=O)C12CC3CC(CC(C3)C1)C2. The molecule has 6 heteroatoms. The van der Waals surface area contributed by atoms with E-state index in [2.05, 4.69) is 0 Å². The number of nitrogens with zero attached hydrogens (tertiary/aromatic N) is 1. The van der Waals surface area contributed by atoms with Crippen molar-refractivity contribution in [2.75, 3.05) is 23.8 Å². The van der Waals surface area contributed by atoms with Gasteiger partial charge in [0.05, 0.1) is 17.9 Å². The lowest BCUT2D eigenvalue weighted by molar-refractivity contribution is -0.157. The summed E-state index contributed by atoms with van der Waals surface area (Å²) in [6.07, 6.45) is 6.95. The molecule has 4 bridgehead atoms. The minimum absolute atomic E-state index is 0.00569. The van der Waals surface area contributed by atoms with E-state index >= 15 is 0 Å². The summed E-state index contributed by atoms with van der Waals surface area (Å²) in [7, 11) is 0. The number of Topliss-reactive ketones (excluding diaryl/α,β-unsaturated/α-hetero) is 1. The number of esters is 1. The zero-order chi connectivity index (χ0) is 20.0. The van der Waals surface area contributed by atoms with Gasteiger partial charge < -0.3 is 9.64 Å². The van der Waals surface area contributed by atoms with Crippen LogP contribution in [0.2, 0.25) is 0 Å². The molecule has 0 saturated heterocycles. The van der Waals surface area contributed by atoms with Gasteiger partial charge in [0.1, 0.15) is 0 Å². The van der Waals surface area contributed by atoms with E-state index in [0.29, 0.717) is 30.1 Å². The average molecular weight is 414 g/mol. The van der Waals surface area contributed by atoms with Crippen LogP contribution in [-0.4, -0.2) is 36.6 Å². The Bertz CT molecular complexity index is 816. The quantitative estimate of drug-likeness (QED) is 0.663. The molecule has 4 saturated carbocycles. The second-order valence-electron chi connectivity index (χ2n) is 9.33. The third-order valence-electron chi connectivity index (χ3n) is 7.34. The molecule has 0 aromatic heterocycles. The maximum atomic E-state index is 13.0. The van der Waals surface area contributed by atoms with Gasteiger partial charge in [0.25, 0.3) is 0 Å². The molecule has 0 unspecified atom stereocenters. The summed E-state index contributed by atoms with van der Waals surface area (Å²) >= 11 is 1.52. The number of benzene rings is 1. The zero-order valence-corrected chi connectivity index (χ0v) is 17.4. The second kappa shape index (κ2) is 7.46. The zero-order valence-electron chi connectivity index (χ0n) is 16.6. The molecule has 5 nitrogen and oxygen atoms in total. The fourth-order valence-corrected chi connectivity index (χ4v) is 7.36. The Hall–Kier alpha value is -1.82. The number of para-hydroxylation sites is 1. The number of rotatable bonds is 6. The van der Waals surface area contributed by atoms with Gasteiger partial charge in [0.15, 0.2) is 12.4 Å². The van der Waals surface area contributed by atoms with Gasteiger partial charge in [-0.25, -0.2) is 0 Å². The normalized spacial score (nSPS) is 32.2. The summed E-state index contributed by atoms with van der Waals surface area (Å²) in [6.45, 7) is 0.187.